The molecule has 214 valence electrons. The van der Waals surface area contributed by atoms with Gasteiger partial charge >= 0.3 is 0 Å². The van der Waals surface area contributed by atoms with E-state index in [1.54, 1.807) is 0 Å². The number of unbranched alkanes of at least 4 members (excludes halogenated alkanes) is 8. The van der Waals surface area contributed by atoms with Gasteiger partial charge in [-0.05, 0) is 91.3 Å². The standard InChI is InChI=1S/C42H36N2/c1-3-5-6-7-8-9-10-11-12-13-14-32-18-22-40-36(26-32)30-38-28-34(20-24-42(38)44-40)16-15-33-19-23-41-37(27-33)29-35-25-31(4-2)17-21-39(35)43-41/h2,17-30H,3,5-12H2,1H3. The SMILES string of the molecule is C#Cc1ccc2nc3ccc(C#Cc4ccc5nc6ccc(C#CCCCCCCCCCC)cc6cc5c4)cc3cc2c1. The highest BCUT2D eigenvalue weighted by Gasteiger charge is 2.04. The van der Waals surface area contributed by atoms with Crippen LogP contribution in [-0.2, 0) is 0 Å². The van der Waals surface area contributed by atoms with Crippen LogP contribution in [0.1, 0.15) is 87.0 Å². The summed E-state index contributed by atoms with van der Waals surface area (Å²) in [6.45, 7) is 2.27. The highest BCUT2D eigenvalue weighted by Crippen LogP contribution is 2.23. The summed E-state index contributed by atoms with van der Waals surface area (Å²) in [6, 6.07) is 28.9. The molecule has 0 atom stereocenters. The van der Waals surface area contributed by atoms with Gasteiger partial charge in [-0.3, -0.25) is 0 Å². The second kappa shape index (κ2) is 13.9. The second-order valence-electron chi connectivity index (χ2n) is 11.5. The molecule has 0 N–H and O–H groups in total. The minimum Gasteiger partial charge on any atom is -0.248 e. The zero-order chi connectivity index (χ0) is 30.1. The van der Waals surface area contributed by atoms with Crippen LogP contribution in [0.4, 0.5) is 0 Å². The molecule has 6 rings (SSSR count). The van der Waals surface area contributed by atoms with E-state index in [1.165, 1.54) is 51.4 Å². The number of fused-ring (bicyclic) bond motifs is 4. The summed E-state index contributed by atoms with van der Waals surface area (Å²) in [5.74, 6) is 16.1. The second-order valence-corrected chi connectivity index (χ2v) is 11.5. The van der Waals surface area contributed by atoms with Crippen LogP contribution < -0.4 is 0 Å². The number of hydrogen-bond acceptors (Lipinski definition) is 2. The van der Waals surface area contributed by atoms with Gasteiger partial charge in [0.1, 0.15) is 0 Å². The lowest BCUT2D eigenvalue weighted by atomic mass is 10.0. The molecule has 6 aromatic rings. The Labute approximate surface area is 260 Å². The monoisotopic (exact) mass is 568 g/mol. The molecule has 0 aliphatic rings. The predicted octanol–water partition coefficient (Wildman–Crippen LogP) is 10.4. The zero-order valence-corrected chi connectivity index (χ0v) is 25.4. The largest absolute Gasteiger partial charge is 0.248 e. The van der Waals surface area contributed by atoms with E-state index >= 15 is 0 Å². The van der Waals surface area contributed by atoms with Gasteiger partial charge < -0.3 is 0 Å². The minimum atomic E-state index is 0.853. The highest BCUT2D eigenvalue weighted by atomic mass is 14.7. The molecule has 2 heteroatoms. The van der Waals surface area contributed by atoms with Crippen LogP contribution in [0.3, 0.4) is 0 Å². The first-order chi connectivity index (χ1) is 21.7. The third kappa shape index (κ3) is 7.09. The number of nitrogens with zero attached hydrogens (tertiary/aromatic N) is 2. The van der Waals surface area contributed by atoms with E-state index in [0.29, 0.717) is 0 Å². The van der Waals surface area contributed by atoms with Gasteiger partial charge in [-0.15, -0.1) is 6.42 Å². The van der Waals surface area contributed by atoms with Crippen molar-refractivity contribution in [1.29, 1.82) is 0 Å². The molecule has 0 spiro atoms. The molecule has 4 aromatic carbocycles. The summed E-state index contributed by atoms with van der Waals surface area (Å²) in [5.41, 5.74) is 7.62. The highest BCUT2D eigenvalue weighted by molar-refractivity contribution is 5.95. The summed E-state index contributed by atoms with van der Waals surface area (Å²) in [6.07, 6.45) is 17.2. The van der Waals surface area contributed by atoms with Crippen LogP contribution in [0.25, 0.3) is 43.6 Å². The number of aromatic nitrogens is 2. The minimum absolute atomic E-state index is 0.853. The van der Waals surface area contributed by atoms with E-state index in [0.717, 1.165) is 72.3 Å². The van der Waals surface area contributed by atoms with Crippen molar-refractivity contribution in [3.8, 4) is 36.0 Å². The lowest BCUT2D eigenvalue weighted by molar-refractivity contribution is 0.579. The van der Waals surface area contributed by atoms with Crippen LogP contribution >= 0.6 is 0 Å². The maximum absolute atomic E-state index is 5.59. The topological polar surface area (TPSA) is 25.8 Å². The smallest absolute Gasteiger partial charge is 0.0710 e. The number of terminal acetylenes is 1. The van der Waals surface area contributed by atoms with Crippen molar-refractivity contribution < 1.29 is 0 Å². The maximum atomic E-state index is 5.59. The molecule has 0 radical (unpaired) electrons. The number of benzene rings is 4. The molecule has 0 fully saturated rings. The van der Waals surface area contributed by atoms with Crippen molar-refractivity contribution in [2.24, 2.45) is 0 Å². The van der Waals surface area contributed by atoms with Crippen LogP contribution in [-0.4, -0.2) is 9.97 Å². The molecule has 0 amide bonds. The van der Waals surface area contributed by atoms with Gasteiger partial charge in [0.15, 0.2) is 0 Å². The van der Waals surface area contributed by atoms with Crippen LogP contribution in [0.5, 0.6) is 0 Å². The summed E-state index contributed by atoms with van der Waals surface area (Å²) in [5, 5.41) is 4.25. The van der Waals surface area contributed by atoms with E-state index in [2.05, 4.69) is 85.1 Å². The Morgan fingerprint density at radius 1 is 0.477 bits per heavy atom. The molecule has 0 saturated heterocycles. The van der Waals surface area contributed by atoms with Gasteiger partial charge in [-0.2, -0.15) is 0 Å². The van der Waals surface area contributed by atoms with E-state index in [9.17, 15) is 0 Å². The van der Waals surface area contributed by atoms with Crippen molar-refractivity contribution in [2.75, 3.05) is 0 Å². The third-order valence-electron chi connectivity index (χ3n) is 8.12. The van der Waals surface area contributed by atoms with Crippen molar-refractivity contribution in [3.05, 3.63) is 107 Å². The number of pyridine rings is 2. The fourth-order valence-corrected chi connectivity index (χ4v) is 5.66. The molecule has 44 heavy (non-hydrogen) atoms. The molecule has 2 heterocycles. The average molecular weight is 569 g/mol. The first-order valence-electron chi connectivity index (χ1n) is 15.9. The van der Waals surface area contributed by atoms with Gasteiger partial charge in [0, 0.05) is 50.2 Å². The summed E-state index contributed by atoms with van der Waals surface area (Å²) in [7, 11) is 0. The van der Waals surface area contributed by atoms with Gasteiger partial charge in [0.2, 0.25) is 0 Å². The van der Waals surface area contributed by atoms with Crippen LogP contribution in [0.15, 0.2) is 84.9 Å². The Morgan fingerprint density at radius 3 is 1.36 bits per heavy atom. The lowest BCUT2D eigenvalue weighted by Crippen LogP contribution is -1.86. The Hall–Kier alpha value is -5.10. The average Bonchev–Trinajstić information content (AvgIpc) is 3.05. The fraction of sp³-hybridized carbons (Fsp3) is 0.238. The zero-order valence-electron chi connectivity index (χ0n) is 25.4. The summed E-state index contributed by atoms with van der Waals surface area (Å²) < 4.78 is 0. The molecule has 0 bridgehead atoms. The first-order valence-corrected chi connectivity index (χ1v) is 15.9. The quantitative estimate of drug-likeness (QED) is 0.104. The summed E-state index contributed by atoms with van der Waals surface area (Å²) in [4.78, 5) is 9.68. The third-order valence-corrected chi connectivity index (χ3v) is 8.12. The van der Waals surface area contributed by atoms with Crippen molar-refractivity contribution in [2.45, 2.75) is 64.7 Å². The van der Waals surface area contributed by atoms with Crippen molar-refractivity contribution in [3.63, 3.8) is 0 Å². The van der Waals surface area contributed by atoms with E-state index in [1.807, 2.05) is 36.4 Å². The molecule has 0 saturated carbocycles. The Kier molecular flexibility index (Phi) is 9.17. The summed E-state index contributed by atoms with van der Waals surface area (Å²) >= 11 is 0. The van der Waals surface area contributed by atoms with Crippen LogP contribution in [0.2, 0.25) is 0 Å². The fourth-order valence-electron chi connectivity index (χ4n) is 5.66. The Morgan fingerprint density at radius 2 is 0.886 bits per heavy atom. The first kappa shape index (κ1) is 29.0. The number of rotatable bonds is 8. The van der Waals surface area contributed by atoms with E-state index in [-0.39, 0.29) is 0 Å². The molecule has 0 aliphatic heterocycles. The maximum Gasteiger partial charge on any atom is 0.0710 e. The van der Waals surface area contributed by atoms with Gasteiger partial charge in [-0.25, -0.2) is 9.97 Å². The van der Waals surface area contributed by atoms with E-state index < -0.39 is 0 Å². The van der Waals surface area contributed by atoms with Crippen molar-refractivity contribution >= 4 is 43.6 Å². The number of hydrogen-bond donors (Lipinski definition) is 0. The van der Waals surface area contributed by atoms with Gasteiger partial charge in [0.25, 0.3) is 0 Å². The molecule has 2 aromatic heterocycles. The normalized spacial score (nSPS) is 10.8. The molecular formula is C42H36N2. The van der Waals surface area contributed by atoms with Crippen molar-refractivity contribution in [1.82, 2.24) is 9.97 Å². The Balaban J connectivity index is 1.15. The Bertz CT molecular complexity index is 2140. The molecule has 2 nitrogen and oxygen atoms in total. The molecule has 0 aliphatic carbocycles. The van der Waals surface area contributed by atoms with E-state index in [4.69, 9.17) is 16.4 Å². The predicted molar refractivity (Wildman–Crippen MR) is 187 cm³/mol. The van der Waals surface area contributed by atoms with Gasteiger partial charge in [-0.1, -0.05) is 81.5 Å². The van der Waals surface area contributed by atoms with Gasteiger partial charge in [0.05, 0.1) is 22.1 Å². The lowest BCUT2D eigenvalue weighted by Gasteiger charge is -2.04. The van der Waals surface area contributed by atoms with Crippen LogP contribution in [0, 0.1) is 36.0 Å². The molecule has 0 unspecified atom stereocenters. The molecular weight excluding hydrogens is 532 g/mol.